The minimum atomic E-state index is -0.252. The number of benzene rings is 1. The molecule has 8 nitrogen and oxygen atoms in total. The monoisotopic (exact) mass is 394 g/mol. The molecule has 0 radical (unpaired) electrons. The maximum atomic E-state index is 12.9. The number of amides is 1. The summed E-state index contributed by atoms with van der Waals surface area (Å²) in [5.41, 5.74) is 3.19. The highest BCUT2D eigenvalue weighted by Gasteiger charge is 2.20. The van der Waals surface area contributed by atoms with Gasteiger partial charge in [-0.05, 0) is 32.9 Å². The van der Waals surface area contributed by atoms with Crippen LogP contribution >= 0.6 is 0 Å². The molecule has 1 aliphatic heterocycles. The van der Waals surface area contributed by atoms with E-state index in [0.717, 1.165) is 36.7 Å². The summed E-state index contributed by atoms with van der Waals surface area (Å²) in [7, 11) is 0. The van der Waals surface area contributed by atoms with Gasteiger partial charge in [0.15, 0.2) is 5.65 Å². The molecule has 0 bridgehead atoms. The van der Waals surface area contributed by atoms with Crippen LogP contribution in [-0.4, -0.2) is 52.6 Å². The summed E-state index contributed by atoms with van der Waals surface area (Å²) in [5, 5.41) is 6.30. The first-order chi connectivity index (χ1) is 14.0. The van der Waals surface area contributed by atoms with Crippen molar-refractivity contribution in [2.45, 2.75) is 26.8 Å². The molecule has 0 saturated carbocycles. The van der Waals surface area contributed by atoms with Crippen LogP contribution in [0.2, 0.25) is 0 Å². The lowest BCUT2D eigenvalue weighted by atomic mass is 10.1. The van der Waals surface area contributed by atoms with Crippen LogP contribution in [0.1, 0.15) is 29.9 Å². The Balaban J connectivity index is 1.57. The molecule has 4 rings (SSSR count). The van der Waals surface area contributed by atoms with Gasteiger partial charge in [0.05, 0.1) is 30.3 Å². The van der Waals surface area contributed by atoms with E-state index in [0.29, 0.717) is 29.8 Å². The van der Waals surface area contributed by atoms with Crippen molar-refractivity contribution in [1.29, 1.82) is 0 Å². The van der Waals surface area contributed by atoms with E-state index in [1.165, 1.54) is 0 Å². The average Bonchev–Trinajstić information content (AvgIpc) is 3.07. The van der Waals surface area contributed by atoms with Gasteiger partial charge in [0.1, 0.15) is 11.6 Å². The first-order valence-corrected chi connectivity index (χ1v) is 9.91. The highest BCUT2D eigenvalue weighted by molar-refractivity contribution is 6.06. The van der Waals surface area contributed by atoms with E-state index in [1.807, 2.05) is 42.6 Å². The van der Waals surface area contributed by atoms with E-state index in [9.17, 15) is 4.79 Å². The summed E-state index contributed by atoms with van der Waals surface area (Å²) in [6.45, 7) is 9.28. The standard InChI is InChI=1S/C21H26N6O2/c1-4-29-18-9-16(26-8-7-22-14(2)11-26)5-6-17(18)21(28)25-19-13-27-12-15(3)24-20(27)10-23-19/h5-6,9-10,12-14,22H,4,7-8,11H2,1-3H3,(H,25,28)/t14-/m0/s1. The van der Waals surface area contributed by atoms with Crippen molar-refractivity contribution in [2.24, 2.45) is 0 Å². The Hall–Kier alpha value is -3.13. The number of carbonyl (C=O) groups excluding carboxylic acids is 1. The molecule has 1 amide bonds. The summed E-state index contributed by atoms with van der Waals surface area (Å²) >= 11 is 0. The van der Waals surface area contributed by atoms with Crippen LogP contribution in [0.5, 0.6) is 5.75 Å². The molecular weight excluding hydrogens is 368 g/mol. The zero-order chi connectivity index (χ0) is 20.4. The van der Waals surface area contributed by atoms with E-state index in [4.69, 9.17) is 4.74 Å². The summed E-state index contributed by atoms with van der Waals surface area (Å²) in [4.78, 5) is 23.9. The Kier molecular flexibility index (Phi) is 5.35. The van der Waals surface area contributed by atoms with Crippen molar-refractivity contribution >= 4 is 23.1 Å². The molecule has 1 aliphatic rings. The lowest BCUT2D eigenvalue weighted by molar-refractivity contribution is 0.102. The second-order valence-electron chi connectivity index (χ2n) is 7.29. The van der Waals surface area contributed by atoms with Crippen molar-refractivity contribution in [3.63, 3.8) is 0 Å². The largest absolute Gasteiger partial charge is 0.493 e. The maximum Gasteiger partial charge on any atom is 0.260 e. The fourth-order valence-corrected chi connectivity index (χ4v) is 3.61. The minimum Gasteiger partial charge on any atom is -0.493 e. The molecule has 0 spiro atoms. The molecule has 1 saturated heterocycles. The molecule has 152 valence electrons. The van der Waals surface area contributed by atoms with Gasteiger partial charge in [-0.25, -0.2) is 9.97 Å². The smallest absolute Gasteiger partial charge is 0.260 e. The SMILES string of the molecule is CCOc1cc(N2CCN[C@@H](C)C2)ccc1C(=O)Nc1cn2cc(C)nc2cn1. The van der Waals surface area contributed by atoms with Crippen LogP contribution in [0, 0.1) is 6.92 Å². The molecule has 2 aromatic heterocycles. The van der Waals surface area contributed by atoms with Crippen molar-refractivity contribution in [1.82, 2.24) is 19.7 Å². The molecule has 3 aromatic rings. The summed E-state index contributed by atoms with van der Waals surface area (Å²) < 4.78 is 7.63. The lowest BCUT2D eigenvalue weighted by Crippen LogP contribution is -2.49. The number of nitrogens with zero attached hydrogens (tertiary/aromatic N) is 4. The second kappa shape index (κ2) is 8.08. The Morgan fingerprint density at radius 3 is 3.03 bits per heavy atom. The maximum absolute atomic E-state index is 12.9. The van der Waals surface area contributed by atoms with E-state index in [-0.39, 0.29) is 5.91 Å². The number of carbonyl (C=O) groups is 1. The Bertz CT molecular complexity index is 1030. The zero-order valence-corrected chi connectivity index (χ0v) is 17.0. The first-order valence-electron chi connectivity index (χ1n) is 9.91. The molecule has 29 heavy (non-hydrogen) atoms. The molecule has 3 heterocycles. The average molecular weight is 394 g/mol. The van der Waals surface area contributed by atoms with Crippen LogP contribution in [0.25, 0.3) is 5.65 Å². The van der Waals surface area contributed by atoms with Crippen LogP contribution in [0.3, 0.4) is 0 Å². The number of aromatic nitrogens is 3. The third kappa shape index (κ3) is 4.17. The van der Waals surface area contributed by atoms with Gasteiger partial charge in [-0.15, -0.1) is 0 Å². The predicted molar refractivity (Wildman–Crippen MR) is 113 cm³/mol. The third-order valence-electron chi connectivity index (χ3n) is 4.95. The van der Waals surface area contributed by atoms with Gasteiger partial charge in [0.2, 0.25) is 0 Å². The molecule has 1 atom stereocenters. The highest BCUT2D eigenvalue weighted by atomic mass is 16.5. The summed E-state index contributed by atoms with van der Waals surface area (Å²) in [6, 6.07) is 6.18. The van der Waals surface area contributed by atoms with Gasteiger partial charge in [0, 0.05) is 43.6 Å². The van der Waals surface area contributed by atoms with Gasteiger partial charge in [-0.3, -0.25) is 4.79 Å². The van der Waals surface area contributed by atoms with Crippen LogP contribution in [-0.2, 0) is 0 Å². The number of hydrogen-bond donors (Lipinski definition) is 2. The van der Waals surface area contributed by atoms with Crippen molar-refractivity contribution in [3.05, 3.63) is 48.0 Å². The van der Waals surface area contributed by atoms with Gasteiger partial charge in [-0.2, -0.15) is 0 Å². The van der Waals surface area contributed by atoms with Gasteiger partial charge in [-0.1, -0.05) is 0 Å². The predicted octanol–water partition coefficient (Wildman–Crippen LogP) is 2.49. The molecule has 0 aliphatic carbocycles. The Labute approximate surface area is 169 Å². The van der Waals surface area contributed by atoms with Crippen LogP contribution < -0.4 is 20.3 Å². The fourth-order valence-electron chi connectivity index (χ4n) is 3.61. The quantitative estimate of drug-likeness (QED) is 0.692. The summed E-state index contributed by atoms with van der Waals surface area (Å²) in [6.07, 6.45) is 5.28. The number of nitrogens with one attached hydrogen (secondary N) is 2. The molecule has 8 heteroatoms. The van der Waals surface area contributed by atoms with E-state index >= 15 is 0 Å². The number of ether oxygens (including phenoxy) is 1. The fraction of sp³-hybridized carbons (Fsp3) is 0.381. The van der Waals surface area contributed by atoms with E-state index in [1.54, 1.807) is 12.4 Å². The number of piperazine rings is 1. The van der Waals surface area contributed by atoms with Gasteiger partial charge < -0.3 is 24.7 Å². The van der Waals surface area contributed by atoms with Crippen LogP contribution in [0.15, 0.2) is 36.8 Å². The number of fused-ring (bicyclic) bond motifs is 1. The van der Waals surface area contributed by atoms with Gasteiger partial charge >= 0.3 is 0 Å². The summed E-state index contributed by atoms with van der Waals surface area (Å²) in [5.74, 6) is 0.785. The second-order valence-corrected chi connectivity index (χ2v) is 7.29. The molecule has 1 fully saturated rings. The minimum absolute atomic E-state index is 0.252. The normalized spacial score (nSPS) is 16.8. The zero-order valence-electron chi connectivity index (χ0n) is 17.0. The highest BCUT2D eigenvalue weighted by Crippen LogP contribution is 2.27. The van der Waals surface area contributed by atoms with Gasteiger partial charge in [0.25, 0.3) is 5.91 Å². The van der Waals surface area contributed by atoms with Crippen molar-refractivity contribution < 1.29 is 9.53 Å². The Morgan fingerprint density at radius 1 is 1.38 bits per heavy atom. The Morgan fingerprint density at radius 2 is 2.24 bits per heavy atom. The number of aryl methyl sites for hydroxylation is 1. The van der Waals surface area contributed by atoms with E-state index < -0.39 is 0 Å². The molecular formula is C21H26N6O2. The third-order valence-corrected chi connectivity index (χ3v) is 4.95. The first kappa shape index (κ1) is 19.2. The lowest BCUT2D eigenvalue weighted by Gasteiger charge is -2.34. The van der Waals surface area contributed by atoms with Crippen molar-refractivity contribution in [2.75, 3.05) is 36.5 Å². The van der Waals surface area contributed by atoms with Crippen molar-refractivity contribution in [3.8, 4) is 5.75 Å². The molecule has 2 N–H and O–H groups in total. The van der Waals surface area contributed by atoms with Crippen LogP contribution in [0.4, 0.5) is 11.5 Å². The molecule has 1 aromatic carbocycles. The topological polar surface area (TPSA) is 83.8 Å². The number of rotatable bonds is 5. The molecule has 0 unspecified atom stereocenters. The number of anilines is 2. The number of hydrogen-bond acceptors (Lipinski definition) is 6. The number of imidazole rings is 1. The van der Waals surface area contributed by atoms with E-state index in [2.05, 4.69) is 32.4 Å².